The number of nitrogens with one attached hydrogen (secondary N) is 1. The number of ether oxygens (including phenoxy) is 1. The predicted molar refractivity (Wildman–Crippen MR) is 70.9 cm³/mol. The largest absolute Gasteiger partial charge is 0.377 e. The van der Waals surface area contributed by atoms with Gasteiger partial charge in [-0.3, -0.25) is 10.1 Å². The molecule has 18 heavy (non-hydrogen) atoms. The molecule has 0 aliphatic heterocycles. The lowest BCUT2D eigenvalue weighted by molar-refractivity contribution is -0.385. The minimum absolute atomic E-state index is 0.0408. The molecule has 1 N–H and O–H groups in total. The van der Waals surface area contributed by atoms with Gasteiger partial charge < -0.3 is 10.1 Å². The Morgan fingerprint density at radius 1 is 1.56 bits per heavy atom. The zero-order chi connectivity index (χ0) is 13.5. The van der Waals surface area contributed by atoms with E-state index in [0.29, 0.717) is 30.3 Å². The fourth-order valence-electron chi connectivity index (χ4n) is 1.64. The first-order valence-corrected chi connectivity index (χ1v) is 6.18. The van der Waals surface area contributed by atoms with E-state index in [1.54, 1.807) is 12.1 Å². The van der Waals surface area contributed by atoms with Crippen molar-refractivity contribution in [2.24, 2.45) is 0 Å². The highest BCUT2D eigenvalue weighted by atomic mass is 35.5. The quantitative estimate of drug-likeness (QED) is 0.612. The van der Waals surface area contributed by atoms with E-state index >= 15 is 0 Å². The summed E-state index contributed by atoms with van der Waals surface area (Å²) < 4.78 is 5.36. The summed E-state index contributed by atoms with van der Waals surface area (Å²) in [6.07, 6.45) is 0.0662. The van der Waals surface area contributed by atoms with Crippen molar-refractivity contribution in [1.82, 2.24) is 5.32 Å². The zero-order valence-corrected chi connectivity index (χ0v) is 11.2. The van der Waals surface area contributed by atoms with E-state index in [2.05, 4.69) is 5.32 Å². The van der Waals surface area contributed by atoms with E-state index in [1.807, 2.05) is 13.8 Å². The maximum Gasteiger partial charge on any atom is 0.275 e. The van der Waals surface area contributed by atoms with Crippen molar-refractivity contribution >= 4 is 17.3 Å². The van der Waals surface area contributed by atoms with Crippen LogP contribution < -0.4 is 5.32 Å². The van der Waals surface area contributed by atoms with Crippen LogP contribution in [-0.2, 0) is 11.3 Å². The van der Waals surface area contributed by atoms with Gasteiger partial charge in [0.1, 0.15) is 0 Å². The number of benzene rings is 1. The molecule has 0 spiro atoms. The van der Waals surface area contributed by atoms with Gasteiger partial charge in [-0.1, -0.05) is 17.7 Å². The van der Waals surface area contributed by atoms with Crippen molar-refractivity contribution < 1.29 is 9.66 Å². The summed E-state index contributed by atoms with van der Waals surface area (Å²) in [5, 5.41) is 14.4. The van der Waals surface area contributed by atoms with Crippen molar-refractivity contribution in [2.45, 2.75) is 26.5 Å². The molecule has 0 saturated carbocycles. The summed E-state index contributed by atoms with van der Waals surface area (Å²) in [6, 6.07) is 4.68. The lowest BCUT2D eigenvalue weighted by Gasteiger charge is -2.13. The summed E-state index contributed by atoms with van der Waals surface area (Å²) in [5.41, 5.74) is 0.548. The highest BCUT2D eigenvalue weighted by Crippen LogP contribution is 2.25. The van der Waals surface area contributed by atoms with Crippen LogP contribution in [0.4, 0.5) is 5.69 Å². The van der Waals surface area contributed by atoms with Gasteiger partial charge in [-0.2, -0.15) is 0 Å². The Balaban J connectivity index is 2.64. The highest BCUT2D eigenvalue weighted by Gasteiger charge is 2.16. The maximum atomic E-state index is 10.9. The number of nitro groups is 1. The van der Waals surface area contributed by atoms with E-state index in [1.165, 1.54) is 6.07 Å². The fraction of sp³-hybridized carbons (Fsp3) is 0.500. The van der Waals surface area contributed by atoms with Crippen LogP contribution >= 0.6 is 11.6 Å². The Bertz CT molecular complexity index is 412. The summed E-state index contributed by atoms with van der Waals surface area (Å²) in [7, 11) is 0. The molecule has 0 amide bonds. The molecule has 0 aliphatic rings. The Morgan fingerprint density at radius 3 is 2.89 bits per heavy atom. The maximum absolute atomic E-state index is 10.9. The second-order valence-corrected chi connectivity index (χ2v) is 4.30. The Labute approximate surface area is 111 Å². The average molecular weight is 273 g/mol. The van der Waals surface area contributed by atoms with Crippen molar-refractivity contribution in [3.63, 3.8) is 0 Å². The van der Waals surface area contributed by atoms with Gasteiger partial charge in [0.25, 0.3) is 5.69 Å². The molecule has 0 aromatic heterocycles. The Hall–Kier alpha value is -1.17. The van der Waals surface area contributed by atoms with E-state index < -0.39 is 4.92 Å². The van der Waals surface area contributed by atoms with Gasteiger partial charge in [0, 0.05) is 25.8 Å². The summed E-state index contributed by atoms with van der Waals surface area (Å²) in [5.74, 6) is 0. The number of hydrogen-bond donors (Lipinski definition) is 1. The van der Waals surface area contributed by atoms with Crippen LogP contribution in [0.3, 0.4) is 0 Å². The van der Waals surface area contributed by atoms with Gasteiger partial charge in [-0.15, -0.1) is 0 Å². The third-order valence-electron chi connectivity index (χ3n) is 2.48. The van der Waals surface area contributed by atoms with E-state index in [-0.39, 0.29) is 11.8 Å². The molecule has 0 heterocycles. The van der Waals surface area contributed by atoms with Gasteiger partial charge in [0.05, 0.1) is 21.6 Å². The number of nitro benzene ring substituents is 1. The highest BCUT2D eigenvalue weighted by molar-refractivity contribution is 6.31. The van der Waals surface area contributed by atoms with Gasteiger partial charge in [0.15, 0.2) is 0 Å². The minimum Gasteiger partial charge on any atom is -0.377 e. The third kappa shape index (κ3) is 4.25. The molecule has 1 unspecified atom stereocenters. The SMILES string of the molecule is CCOC(C)CNCc1c(Cl)cccc1[N+](=O)[O-]. The van der Waals surface area contributed by atoms with Crippen LogP contribution in [0.1, 0.15) is 19.4 Å². The molecule has 0 fully saturated rings. The predicted octanol–water partition coefficient (Wildman–Crippen LogP) is 2.76. The lowest BCUT2D eigenvalue weighted by atomic mass is 10.2. The number of nitrogens with zero attached hydrogens (tertiary/aromatic N) is 1. The van der Waals surface area contributed by atoms with Crippen molar-refractivity contribution in [3.8, 4) is 0 Å². The van der Waals surface area contributed by atoms with E-state index in [4.69, 9.17) is 16.3 Å². The van der Waals surface area contributed by atoms with Crippen LogP contribution in [0.5, 0.6) is 0 Å². The summed E-state index contributed by atoms with van der Waals surface area (Å²) in [4.78, 5) is 10.4. The first-order valence-electron chi connectivity index (χ1n) is 5.80. The molecular weight excluding hydrogens is 256 g/mol. The molecule has 6 heteroatoms. The van der Waals surface area contributed by atoms with E-state index in [9.17, 15) is 10.1 Å². The second-order valence-electron chi connectivity index (χ2n) is 3.89. The Morgan fingerprint density at radius 2 is 2.28 bits per heavy atom. The topological polar surface area (TPSA) is 64.4 Å². The molecule has 100 valence electrons. The van der Waals surface area contributed by atoms with Crippen molar-refractivity contribution in [1.29, 1.82) is 0 Å². The van der Waals surface area contributed by atoms with Gasteiger partial charge in [-0.25, -0.2) is 0 Å². The first-order chi connectivity index (χ1) is 8.56. The zero-order valence-electron chi connectivity index (χ0n) is 10.5. The summed E-state index contributed by atoms with van der Waals surface area (Å²) >= 11 is 5.97. The van der Waals surface area contributed by atoms with Crippen LogP contribution in [-0.4, -0.2) is 24.2 Å². The smallest absolute Gasteiger partial charge is 0.275 e. The normalized spacial score (nSPS) is 12.4. The summed E-state index contributed by atoms with van der Waals surface area (Å²) in [6.45, 7) is 5.49. The van der Waals surface area contributed by atoms with Crippen LogP contribution in [0, 0.1) is 10.1 Å². The van der Waals surface area contributed by atoms with Crippen LogP contribution in [0.15, 0.2) is 18.2 Å². The van der Waals surface area contributed by atoms with Gasteiger partial charge in [0.2, 0.25) is 0 Å². The monoisotopic (exact) mass is 272 g/mol. The standard InChI is InChI=1S/C12H17ClN2O3/c1-3-18-9(2)7-14-8-10-11(13)5-4-6-12(10)15(16)17/h4-6,9,14H,3,7-8H2,1-2H3. The first kappa shape index (κ1) is 14.9. The van der Waals surface area contributed by atoms with Crippen molar-refractivity contribution in [3.05, 3.63) is 38.9 Å². The minimum atomic E-state index is -0.422. The molecule has 0 saturated heterocycles. The third-order valence-corrected chi connectivity index (χ3v) is 2.83. The molecule has 1 aromatic rings. The molecule has 0 aliphatic carbocycles. The molecular formula is C12H17ClN2O3. The lowest BCUT2D eigenvalue weighted by Crippen LogP contribution is -2.26. The number of rotatable bonds is 7. The fourth-order valence-corrected chi connectivity index (χ4v) is 1.87. The molecule has 5 nitrogen and oxygen atoms in total. The molecule has 1 aromatic carbocycles. The average Bonchev–Trinajstić information content (AvgIpc) is 2.31. The molecule has 0 bridgehead atoms. The number of hydrogen-bond acceptors (Lipinski definition) is 4. The van der Waals surface area contributed by atoms with Crippen LogP contribution in [0.25, 0.3) is 0 Å². The molecule has 1 atom stereocenters. The van der Waals surface area contributed by atoms with Crippen molar-refractivity contribution in [2.75, 3.05) is 13.2 Å². The molecule has 0 radical (unpaired) electrons. The van der Waals surface area contributed by atoms with Gasteiger partial charge >= 0.3 is 0 Å². The molecule has 1 rings (SSSR count). The van der Waals surface area contributed by atoms with E-state index in [0.717, 1.165) is 0 Å². The Kier molecular flexibility index (Phi) is 6.04. The van der Waals surface area contributed by atoms with Crippen LogP contribution in [0.2, 0.25) is 5.02 Å². The van der Waals surface area contributed by atoms with Gasteiger partial charge in [-0.05, 0) is 19.9 Å². The number of halogens is 1. The second kappa shape index (κ2) is 7.31.